The molecule has 5 heteroatoms. The largest absolute Gasteiger partial charge is 0.255 e. The highest BCUT2D eigenvalue weighted by molar-refractivity contribution is 7.13. The van der Waals surface area contributed by atoms with Gasteiger partial charge in [-0.1, -0.05) is 98.0 Å². The van der Waals surface area contributed by atoms with E-state index >= 15 is 0 Å². The lowest BCUT2D eigenvalue weighted by atomic mass is 9.90. The van der Waals surface area contributed by atoms with E-state index < -0.39 is 8.07 Å². The molecule has 0 aliphatic carbocycles. The first kappa shape index (κ1) is 26.6. The van der Waals surface area contributed by atoms with Crippen molar-refractivity contribution in [2.24, 2.45) is 0 Å². The van der Waals surface area contributed by atoms with Crippen molar-refractivity contribution in [2.75, 3.05) is 0 Å². The van der Waals surface area contributed by atoms with Gasteiger partial charge < -0.3 is 0 Å². The van der Waals surface area contributed by atoms with E-state index in [0.717, 1.165) is 34.2 Å². The van der Waals surface area contributed by atoms with Gasteiger partial charge in [-0.2, -0.15) is 0 Å². The Hall–Kier alpha value is -5.26. The first-order valence-electron chi connectivity index (χ1n) is 14.5. The SMILES string of the molecule is C[Si]1(C)C(c2cccc(-c3ccccn3)n2)=C(c2ccccc2)C(c2ccccc2)=C1c1cccc(-c2ccccn2)n1. The van der Waals surface area contributed by atoms with Gasteiger partial charge in [-0.25, -0.2) is 9.97 Å². The van der Waals surface area contributed by atoms with Gasteiger partial charge in [0.2, 0.25) is 0 Å². The molecule has 0 atom stereocenters. The molecular formula is C38H30N4Si. The highest BCUT2D eigenvalue weighted by Gasteiger charge is 2.45. The van der Waals surface area contributed by atoms with Crippen molar-refractivity contribution < 1.29 is 0 Å². The average Bonchev–Trinajstić information content (AvgIpc) is 3.33. The van der Waals surface area contributed by atoms with Gasteiger partial charge in [0.25, 0.3) is 0 Å². The minimum absolute atomic E-state index is 0.866. The van der Waals surface area contributed by atoms with E-state index in [4.69, 9.17) is 9.97 Å². The first-order chi connectivity index (χ1) is 21.1. The Morgan fingerprint density at radius 3 is 1.14 bits per heavy atom. The second kappa shape index (κ2) is 11.2. The maximum absolute atomic E-state index is 5.28. The van der Waals surface area contributed by atoms with Crippen molar-refractivity contribution >= 4 is 29.6 Å². The van der Waals surface area contributed by atoms with Gasteiger partial charge in [-0.05, 0) is 81.2 Å². The molecule has 0 spiro atoms. The van der Waals surface area contributed by atoms with E-state index in [1.54, 1.807) is 0 Å². The van der Waals surface area contributed by atoms with E-state index in [-0.39, 0.29) is 0 Å². The third-order valence-corrected chi connectivity index (χ3v) is 11.5. The molecule has 0 saturated heterocycles. The zero-order valence-electron chi connectivity index (χ0n) is 24.1. The lowest BCUT2D eigenvalue weighted by Crippen LogP contribution is -2.29. The zero-order valence-corrected chi connectivity index (χ0v) is 25.1. The van der Waals surface area contributed by atoms with Gasteiger partial charge in [0, 0.05) is 12.4 Å². The van der Waals surface area contributed by atoms with Crippen LogP contribution in [0.4, 0.5) is 0 Å². The number of allylic oxidation sites excluding steroid dienone is 2. The third kappa shape index (κ3) is 4.94. The summed E-state index contributed by atoms with van der Waals surface area (Å²) in [5, 5.41) is 2.60. The van der Waals surface area contributed by atoms with E-state index in [2.05, 4.69) is 108 Å². The lowest BCUT2D eigenvalue weighted by molar-refractivity contribution is 1.22. The molecule has 0 bridgehead atoms. The van der Waals surface area contributed by atoms with Crippen LogP contribution in [0.5, 0.6) is 0 Å². The Kier molecular flexibility index (Phi) is 6.93. The van der Waals surface area contributed by atoms with Gasteiger partial charge in [-0.15, -0.1) is 0 Å². The molecule has 4 nitrogen and oxygen atoms in total. The molecule has 1 aliphatic heterocycles. The molecule has 206 valence electrons. The maximum Gasteiger partial charge on any atom is 0.119 e. The Labute approximate surface area is 253 Å². The third-order valence-electron chi connectivity index (χ3n) is 7.99. The summed E-state index contributed by atoms with van der Waals surface area (Å²) in [5.74, 6) is 0. The smallest absolute Gasteiger partial charge is 0.119 e. The highest BCUT2D eigenvalue weighted by Crippen LogP contribution is 2.55. The van der Waals surface area contributed by atoms with Crippen molar-refractivity contribution in [2.45, 2.75) is 13.1 Å². The summed E-state index contributed by atoms with van der Waals surface area (Å²) in [5.41, 5.74) is 10.3. The second-order valence-electron chi connectivity index (χ2n) is 11.1. The molecule has 2 aromatic carbocycles. The molecule has 0 fully saturated rings. The quantitative estimate of drug-likeness (QED) is 0.188. The van der Waals surface area contributed by atoms with E-state index in [9.17, 15) is 0 Å². The van der Waals surface area contributed by atoms with E-state index in [0.29, 0.717) is 0 Å². The van der Waals surface area contributed by atoms with Crippen molar-refractivity contribution in [3.8, 4) is 22.8 Å². The van der Waals surface area contributed by atoms with Gasteiger partial charge in [-0.3, -0.25) is 9.97 Å². The van der Waals surface area contributed by atoms with Crippen LogP contribution in [0.25, 0.3) is 44.3 Å². The Morgan fingerprint density at radius 1 is 0.372 bits per heavy atom. The second-order valence-corrected chi connectivity index (χ2v) is 15.4. The van der Waals surface area contributed by atoms with Gasteiger partial charge in [0.05, 0.1) is 34.2 Å². The predicted octanol–water partition coefficient (Wildman–Crippen LogP) is 8.92. The van der Waals surface area contributed by atoms with E-state index in [1.165, 1.54) is 32.7 Å². The summed E-state index contributed by atoms with van der Waals surface area (Å²) in [6, 6.07) is 46.0. The van der Waals surface area contributed by atoms with Crippen molar-refractivity contribution in [3.05, 3.63) is 168 Å². The molecule has 4 aromatic heterocycles. The van der Waals surface area contributed by atoms with Crippen LogP contribution in [0.15, 0.2) is 146 Å². The minimum Gasteiger partial charge on any atom is -0.255 e. The highest BCUT2D eigenvalue weighted by atomic mass is 28.3. The average molecular weight is 571 g/mol. The first-order valence-corrected chi connectivity index (χ1v) is 17.5. The summed E-state index contributed by atoms with van der Waals surface area (Å²) in [4.78, 5) is 19.8. The standard InChI is InChI=1S/C38H30N4Si/c1-43(2)37(33-23-13-21-31(41-33)29-19-9-11-25-39-29)35(27-15-5-3-6-16-27)36(28-17-7-4-8-18-28)38(43)34-24-14-22-32(42-34)30-20-10-12-26-40-30/h3-26H,1-2H3. The number of benzene rings is 2. The number of pyridine rings is 4. The van der Waals surface area contributed by atoms with Gasteiger partial charge >= 0.3 is 0 Å². The molecule has 0 N–H and O–H groups in total. The van der Waals surface area contributed by atoms with Gasteiger partial charge in [0.15, 0.2) is 0 Å². The van der Waals surface area contributed by atoms with Crippen molar-refractivity contribution in [1.29, 1.82) is 0 Å². The van der Waals surface area contributed by atoms with Crippen molar-refractivity contribution in [3.63, 3.8) is 0 Å². The predicted molar refractivity (Wildman–Crippen MR) is 179 cm³/mol. The van der Waals surface area contributed by atoms with Crippen LogP contribution < -0.4 is 0 Å². The molecule has 0 amide bonds. The summed E-state index contributed by atoms with van der Waals surface area (Å²) >= 11 is 0. The molecule has 7 rings (SSSR count). The zero-order chi connectivity index (χ0) is 29.2. The molecule has 5 heterocycles. The molecule has 0 unspecified atom stereocenters. The van der Waals surface area contributed by atoms with Crippen LogP contribution >= 0.6 is 0 Å². The summed E-state index contributed by atoms with van der Waals surface area (Å²) in [7, 11) is -2.43. The number of hydrogen-bond donors (Lipinski definition) is 0. The normalized spacial score (nSPS) is 14.3. The monoisotopic (exact) mass is 570 g/mol. The fourth-order valence-corrected chi connectivity index (χ4v) is 9.74. The van der Waals surface area contributed by atoms with Crippen LogP contribution in [-0.2, 0) is 0 Å². The van der Waals surface area contributed by atoms with E-state index in [1.807, 2.05) is 60.9 Å². The number of hydrogen-bond acceptors (Lipinski definition) is 4. The summed E-state index contributed by atoms with van der Waals surface area (Å²) in [6.45, 7) is 4.86. The summed E-state index contributed by atoms with van der Waals surface area (Å²) in [6.07, 6.45) is 3.64. The fourth-order valence-electron chi connectivity index (χ4n) is 6.15. The van der Waals surface area contributed by atoms with Crippen LogP contribution in [-0.4, -0.2) is 28.0 Å². The topological polar surface area (TPSA) is 51.6 Å². The number of nitrogens with zero attached hydrogens (tertiary/aromatic N) is 4. The molecule has 0 saturated carbocycles. The molecule has 6 aromatic rings. The Morgan fingerprint density at radius 2 is 0.744 bits per heavy atom. The summed E-state index contributed by atoms with van der Waals surface area (Å²) < 4.78 is 0. The van der Waals surface area contributed by atoms with Crippen molar-refractivity contribution in [1.82, 2.24) is 19.9 Å². The van der Waals surface area contributed by atoms with Crippen LogP contribution in [0.1, 0.15) is 22.5 Å². The van der Waals surface area contributed by atoms with Crippen LogP contribution in [0, 0.1) is 0 Å². The number of rotatable bonds is 6. The lowest BCUT2D eigenvalue weighted by Gasteiger charge is -2.25. The minimum atomic E-state index is -2.43. The molecule has 1 aliphatic rings. The van der Waals surface area contributed by atoms with Crippen LogP contribution in [0.3, 0.4) is 0 Å². The van der Waals surface area contributed by atoms with Gasteiger partial charge in [0.1, 0.15) is 8.07 Å². The Bertz CT molecular complexity index is 1820. The molecular weight excluding hydrogens is 541 g/mol. The number of aromatic nitrogens is 4. The fraction of sp³-hybridized carbons (Fsp3) is 0.0526. The maximum atomic E-state index is 5.28. The van der Waals surface area contributed by atoms with Crippen LogP contribution in [0.2, 0.25) is 13.1 Å². The Balaban J connectivity index is 1.52. The molecule has 0 radical (unpaired) electrons. The molecule has 43 heavy (non-hydrogen) atoms.